The monoisotopic (exact) mass is 384 g/mol. The fourth-order valence-corrected chi connectivity index (χ4v) is 3.02. The molecule has 136 valence electrons. The Balaban J connectivity index is 1.50. The number of carbonyl (C=O) groups excluding carboxylic acids is 1. The molecule has 10 heteroatoms. The van der Waals surface area contributed by atoms with Gasteiger partial charge in [0, 0.05) is 11.6 Å². The van der Waals surface area contributed by atoms with E-state index in [0.29, 0.717) is 33.6 Å². The first-order valence-corrected chi connectivity index (χ1v) is 8.91. The van der Waals surface area contributed by atoms with E-state index in [0.717, 1.165) is 0 Å². The third kappa shape index (κ3) is 3.80. The number of halogens is 1. The molecule has 1 amide bonds. The van der Waals surface area contributed by atoms with Crippen LogP contribution in [-0.4, -0.2) is 36.6 Å². The van der Waals surface area contributed by atoms with Crippen molar-refractivity contribution in [1.29, 1.82) is 0 Å². The lowest BCUT2D eigenvalue weighted by Gasteiger charge is -2.03. The Morgan fingerprint density at radius 1 is 1.22 bits per heavy atom. The number of thioether (sulfide) groups is 1. The number of amides is 1. The number of hydrogen-bond donors (Lipinski definition) is 1. The zero-order valence-corrected chi connectivity index (χ0v) is 14.9. The molecule has 0 aliphatic rings. The first kappa shape index (κ1) is 17.2. The second-order valence-electron chi connectivity index (χ2n) is 5.64. The second-order valence-corrected chi connectivity index (χ2v) is 6.64. The molecule has 1 N–H and O–H groups in total. The number of fused-ring (bicyclic) bond motifs is 1. The molecule has 0 bridgehead atoms. The van der Waals surface area contributed by atoms with E-state index in [4.69, 9.17) is 4.52 Å². The molecule has 0 spiro atoms. The smallest absolute Gasteiger partial charge is 0.237 e. The van der Waals surface area contributed by atoms with Gasteiger partial charge in [0.2, 0.25) is 11.8 Å². The summed E-state index contributed by atoms with van der Waals surface area (Å²) in [5.74, 6) is 0.380. The number of anilines is 1. The van der Waals surface area contributed by atoms with Crippen LogP contribution in [0.5, 0.6) is 0 Å². The Kier molecular flexibility index (Phi) is 4.55. The third-order valence-electron chi connectivity index (χ3n) is 3.58. The van der Waals surface area contributed by atoms with Crippen LogP contribution in [0.25, 0.3) is 17.0 Å². The molecule has 3 aromatic heterocycles. The highest BCUT2D eigenvalue weighted by Gasteiger charge is 2.12. The van der Waals surface area contributed by atoms with E-state index < -0.39 is 0 Å². The van der Waals surface area contributed by atoms with Crippen LogP contribution in [0, 0.1) is 12.7 Å². The number of aryl methyl sites for hydroxylation is 1. The number of benzene rings is 1. The molecule has 4 rings (SSSR count). The molecular weight excluding hydrogens is 371 g/mol. The Morgan fingerprint density at radius 2 is 2.04 bits per heavy atom. The van der Waals surface area contributed by atoms with Crippen LogP contribution < -0.4 is 5.32 Å². The maximum absolute atomic E-state index is 13.1. The predicted molar refractivity (Wildman–Crippen MR) is 96.8 cm³/mol. The minimum atomic E-state index is -0.329. The highest BCUT2D eigenvalue weighted by atomic mass is 32.2. The average molecular weight is 384 g/mol. The van der Waals surface area contributed by atoms with E-state index in [1.54, 1.807) is 41.8 Å². The van der Waals surface area contributed by atoms with Gasteiger partial charge in [0.15, 0.2) is 11.5 Å². The second kappa shape index (κ2) is 7.16. The van der Waals surface area contributed by atoms with Gasteiger partial charge in [-0.15, -0.1) is 10.2 Å². The lowest BCUT2D eigenvalue weighted by atomic mass is 10.2. The van der Waals surface area contributed by atoms with Crippen molar-refractivity contribution in [3.05, 3.63) is 54.0 Å². The van der Waals surface area contributed by atoms with Gasteiger partial charge < -0.3 is 4.52 Å². The number of aromatic nitrogens is 5. The Bertz CT molecular complexity index is 1110. The quantitative estimate of drug-likeness (QED) is 0.528. The first-order chi connectivity index (χ1) is 13.1. The number of nitrogens with zero attached hydrogens (tertiary/aromatic N) is 5. The molecule has 0 aliphatic heterocycles. The molecule has 0 unspecified atom stereocenters. The Morgan fingerprint density at radius 3 is 2.78 bits per heavy atom. The minimum absolute atomic E-state index is 0.145. The first-order valence-electron chi connectivity index (χ1n) is 7.93. The van der Waals surface area contributed by atoms with Crippen LogP contribution in [0.3, 0.4) is 0 Å². The predicted octanol–water partition coefficient (Wildman–Crippen LogP) is 2.96. The minimum Gasteiger partial charge on any atom is -0.338 e. The zero-order valence-electron chi connectivity index (χ0n) is 14.1. The molecule has 3 heterocycles. The van der Waals surface area contributed by atoms with Crippen molar-refractivity contribution in [2.45, 2.75) is 11.9 Å². The molecule has 0 saturated carbocycles. The summed E-state index contributed by atoms with van der Waals surface area (Å²) < 4.78 is 19.6. The highest BCUT2D eigenvalue weighted by Crippen LogP contribution is 2.21. The molecule has 0 radical (unpaired) electrons. The van der Waals surface area contributed by atoms with Gasteiger partial charge in [0.05, 0.1) is 11.4 Å². The van der Waals surface area contributed by atoms with Gasteiger partial charge in [-0.3, -0.25) is 10.1 Å². The fraction of sp³-hybridized carbons (Fsp3) is 0.118. The number of nitrogens with one attached hydrogen (secondary N) is 1. The fourth-order valence-electron chi connectivity index (χ4n) is 2.36. The summed E-state index contributed by atoms with van der Waals surface area (Å²) in [6.45, 7) is 1.77. The van der Waals surface area contributed by atoms with Crippen molar-refractivity contribution in [3.63, 3.8) is 0 Å². The molecule has 0 aliphatic carbocycles. The summed E-state index contributed by atoms with van der Waals surface area (Å²) in [4.78, 5) is 12.0. The Hall–Kier alpha value is -3.27. The molecule has 8 nitrogen and oxygen atoms in total. The van der Waals surface area contributed by atoms with E-state index in [-0.39, 0.29) is 17.5 Å². The number of rotatable bonds is 5. The van der Waals surface area contributed by atoms with Gasteiger partial charge in [-0.1, -0.05) is 16.9 Å². The van der Waals surface area contributed by atoms with Gasteiger partial charge in [0.1, 0.15) is 10.8 Å². The van der Waals surface area contributed by atoms with Crippen LogP contribution in [0.4, 0.5) is 10.3 Å². The summed E-state index contributed by atoms with van der Waals surface area (Å²) in [5.41, 5.74) is 1.93. The maximum Gasteiger partial charge on any atom is 0.237 e. The topological polar surface area (TPSA) is 98.2 Å². The normalized spacial score (nSPS) is 11.0. The number of hydrogen-bond acceptors (Lipinski definition) is 7. The zero-order chi connectivity index (χ0) is 18.8. The van der Waals surface area contributed by atoms with Crippen molar-refractivity contribution in [3.8, 4) is 11.4 Å². The van der Waals surface area contributed by atoms with Crippen molar-refractivity contribution < 1.29 is 13.7 Å². The summed E-state index contributed by atoms with van der Waals surface area (Å²) in [5, 5.41) is 19.6. The van der Waals surface area contributed by atoms with Crippen molar-refractivity contribution >= 4 is 29.2 Å². The summed E-state index contributed by atoms with van der Waals surface area (Å²) in [6, 6.07) is 11.1. The van der Waals surface area contributed by atoms with E-state index >= 15 is 0 Å². The van der Waals surface area contributed by atoms with Gasteiger partial charge in [-0.05, 0) is 43.3 Å². The summed E-state index contributed by atoms with van der Waals surface area (Å²) in [7, 11) is 0. The van der Waals surface area contributed by atoms with Crippen molar-refractivity contribution in [2.24, 2.45) is 0 Å². The molecular formula is C17H13FN6O2S. The largest absolute Gasteiger partial charge is 0.338 e. The van der Waals surface area contributed by atoms with Crippen molar-refractivity contribution in [1.82, 2.24) is 25.0 Å². The van der Waals surface area contributed by atoms with Gasteiger partial charge in [-0.2, -0.15) is 9.61 Å². The van der Waals surface area contributed by atoms with Crippen LogP contribution in [0.2, 0.25) is 0 Å². The van der Waals surface area contributed by atoms with Gasteiger partial charge in [0.25, 0.3) is 0 Å². The summed E-state index contributed by atoms with van der Waals surface area (Å²) >= 11 is 1.26. The molecule has 0 fully saturated rings. The lowest BCUT2D eigenvalue weighted by Crippen LogP contribution is -2.13. The summed E-state index contributed by atoms with van der Waals surface area (Å²) in [6.07, 6.45) is 0. The Labute approximate surface area is 156 Å². The van der Waals surface area contributed by atoms with E-state index in [2.05, 4.69) is 25.8 Å². The van der Waals surface area contributed by atoms with E-state index in [1.165, 1.54) is 23.9 Å². The molecule has 27 heavy (non-hydrogen) atoms. The van der Waals surface area contributed by atoms with Gasteiger partial charge in [-0.25, -0.2) is 4.39 Å². The lowest BCUT2D eigenvalue weighted by molar-refractivity contribution is -0.113. The van der Waals surface area contributed by atoms with E-state index in [1.807, 2.05) is 0 Å². The highest BCUT2D eigenvalue weighted by molar-refractivity contribution is 7.99. The van der Waals surface area contributed by atoms with Crippen LogP contribution >= 0.6 is 11.8 Å². The average Bonchev–Trinajstić information content (AvgIpc) is 3.26. The third-order valence-corrected chi connectivity index (χ3v) is 4.50. The molecule has 1 aromatic carbocycles. The maximum atomic E-state index is 13.1. The van der Waals surface area contributed by atoms with E-state index in [9.17, 15) is 9.18 Å². The number of carbonyl (C=O) groups is 1. The van der Waals surface area contributed by atoms with Crippen LogP contribution in [0.1, 0.15) is 5.69 Å². The van der Waals surface area contributed by atoms with Crippen LogP contribution in [0.15, 0.2) is 52.0 Å². The molecule has 0 saturated heterocycles. The molecule has 0 atom stereocenters. The van der Waals surface area contributed by atoms with Crippen LogP contribution in [-0.2, 0) is 4.79 Å². The van der Waals surface area contributed by atoms with Gasteiger partial charge >= 0.3 is 0 Å². The van der Waals surface area contributed by atoms with Crippen molar-refractivity contribution in [2.75, 3.05) is 11.1 Å². The standard InChI is InChI=1S/C17H13FN6O2S/c1-10-8-15(26-23-10)19-14(25)9-27-16-7-6-13-20-21-17(24(13)22-16)11-2-4-12(18)5-3-11/h2-8H,9H2,1H3,(H,19,25). The molecule has 4 aromatic rings. The SMILES string of the molecule is Cc1cc(NC(=O)CSc2ccc3nnc(-c4ccc(F)cc4)n3n2)on1.